The molecule has 180 valence electrons. The molecule has 2 aromatic rings. The normalized spacial score (nSPS) is 33.7. The smallest absolute Gasteiger partial charge is 0.242 e. The standard InChI is InChI=1S/C24H27N9O2/c25-9-15-6-14-7-20(14)32(15)23(34)18(26)11-31-10-16-8-21(31)24(35)33(16)19-4-2-12-5-13(1-3-17(12)19)22-27-29-30-28-22/h1,3,5,14-16,18-21H,2,4,6-8,10-11,26H2,(H,27,28,29,30)/t14?,15-,16+,18-,19-,20-,21+/m0/s1. The van der Waals surface area contributed by atoms with Crippen LogP contribution in [0.1, 0.15) is 42.9 Å². The Kier molecular flexibility index (Phi) is 4.53. The van der Waals surface area contributed by atoms with E-state index in [4.69, 9.17) is 5.73 Å². The van der Waals surface area contributed by atoms with Crippen LogP contribution >= 0.6 is 0 Å². The molecule has 7 atom stereocenters. The number of aryl methyl sites for hydroxylation is 1. The number of tetrazole rings is 1. The lowest BCUT2D eigenvalue weighted by atomic mass is 10.0. The van der Waals surface area contributed by atoms with Crippen LogP contribution in [0.25, 0.3) is 11.4 Å². The molecule has 2 bridgehead atoms. The van der Waals surface area contributed by atoms with Crippen LogP contribution in [0.15, 0.2) is 18.2 Å². The molecule has 4 heterocycles. The number of rotatable bonds is 5. The third-order valence-electron chi connectivity index (χ3n) is 8.70. The van der Waals surface area contributed by atoms with E-state index in [9.17, 15) is 14.9 Å². The summed E-state index contributed by atoms with van der Waals surface area (Å²) in [4.78, 5) is 32.4. The van der Waals surface area contributed by atoms with Crippen molar-refractivity contribution in [3.8, 4) is 17.5 Å². The number of hydrogen-bond acceptors (Lipinski definition) is 8. The number of likely N-dealkylation sites (tertiary alicyclic amines) is 3. The molecule has 1 aromatic heterocycles. The molecule has 3 saturated heterocycles. The van der Waals surface area contributed by atoms with Crippen molar-refractivity contribution in [1.29, 1.82) is 5.26 Å². The van der Waals surface area contributed by atoms with Crippen LogP contribution in [0.2, 0.25) is 0 Å². The average molecular weight is 474 g/mol. The molecule has 11 heteroatoms. The Morgan fingerprint density at radius 3 is 2.94 bits per heavy atom. The van der Waals surface area contributed by atoms with Crippen LogP contribution in [-0.2, 0) is 16.0 Å². The van der Waals surface area contributed by atoms with Crippen LogP contribution in [0.4, 0.5) is 0 Å². The van der Waals surface area contributed by atoms with E-state index in [1.165, 1.54) is 11.1 Å². The molecule has 5 aliphatic rings. The van der Waals surface area contributed by atoms with Crippen LogP contribution in [-0.4, -0.2) is 90.4 Å². The molecule has 2 amide bonds. The molecule has 1 aromatic carbocycles. The lowest BCUT2D eigenvalue weighted by Crippen LogP contribution is -2.57. The highest BCUT2D eigenvalue weighted by Crippen LogP contribution is 2.48. The Morgan fingerprint density at radius 1 is 1.29 bits per heavy atom. The number of carbonyl (C=O) groups is 2. The lowest BCUT2D eigenvalue weighted by Gasteiger charge is -2.38. The van der Waals surface area contributed by atoms with Crippen LogP contribution in [0.5, 0.6) is 0 Å². The number of fused-ring (bicyclic) bond motifs is 4. The first-order chi connectivity index (χ1) is 17.0. The van der Waals surface area contributed by atoms with Gasteiger partial charge in [-0.2, -0.15) is 10.5 Å². The van der Waals surface area contributed by atoms with E-state index in [1.54, 1.807) is 4.90 Å². The first kappa shape index (κ1) is 21.0. The minimum atomic E-state index is -0.707. The van der Waals surface area contributed by atoms with Crippen molar-refractivity contribution in [2.75, 3.05) is 13.1 Å². The summed E-state index contributed by atoms with van der Waals surface area (Å²) in [6, 6.07) is 7.57. The number of H-pyrrole nitrogens is 1. The third-order valence-corrected chi connectivity index (χ3v) is 8.70. The van der Waals surface area contributed by atoms with Crippen molar-refractivity contribution in [2.24, 2.45) is 11.7 Å². The van der Waals surface area contributed by atoms with Gasteiger partial charge < -0.3 is 15.5 Å². The fourth-order valence-electron chi connectivity index (χ4n) is 7.02. The van der Waals surface area contributed by atoms with Crippen LogP contribution in [0, 0.1) is 17.2 Å². The van der Waals surface area contributed by atoms with Gasteiger partial charge >= 0.3 is 0 Å². The monoisotopic (exact) mass is 473 g/mol. The third kappa shape index (κ3) is 3.13. The molecule has 0 spiro atoms. The molecule has 1 saturated carbocycles. The number of nitrogens with one attached hydrogen (secondary N) is 1. The molecule has 3 N–H and O–H groups in total. The van der Waals surface area contributed by atoms with Gasteiger partial charge in [0.2, 0.25) is 17.6 Å². The quantitative estimate of drug-likeness (QED) is 0.616. The summed E-state index contributed by atoms with van der Waals surface area (Å²) in [6.07, 6.45) is 4.35. The van der Waals surface area contributed by atoms with Gasteiger partial charge in [-0.05, 0) is 60.4 Å². The fourth-order valence-corrected chi connectivity index (χ4v) is 7.02. The van der Waals surface area contributed by atoms with Crippen molar-refractivity contribution in [3.63, 3.8) is 0 Å². The zero-order valence-corrected chi connectivity index (χ0v) is 19.2. The van der Waals surface area contributed by atoms with Gasteiger partial charge in [0.25, 0.3) is 0 Å². The zero-order valence-electron chi connectivity index (χ0n) is 19.2. The molecule has 3 aliphatic heterocycles. The van der Waals surface area contributed by atoms with E-state index < -0.39 is 6.04 Å². The van der Waals surface area contributed by atoms with Crippen LogP contribution < -0.4 is 5.73 Å². The predicted molar refractivity (Wildman–Crippen MR) is 122 cm³/mol. The summed E-state index contributed by atoms with van der Waals surface area (Å²) in [7, 11) is 0. The topological polar surface area (TPSA) is 148 Å². The second-order valence-electron chi connectivity index (χ2n) is 10.6. The molecule has 11 nitrogen and oxygen atoms in total. The maximum absolute atomic E-state index is 13.5. The molecular weight excluding hydrogens is 446 g/mol. The van der Waals surface area contributed by atoms with Gasteiger partial charge in [0.05, 0.1) is 24.2 Å². The summed E-state index contributed by atoms with van der Waals surface area (Å²) < 4.78 is 0. The van der Waals surface area contributed by atoms with Crippen molar-refractivity contribution < 1.29 is 9.59 Å². The van der Waals surface area contributed by atoms with Crippen molar-refractivity contribution >= 4 is 11.8 Å². The average Bonchev–Trinajstić information content (AvgIpc) is 3.43. The number of carbonyl (C=O) groups excluding carboxylic acids is 2. The number of nitrogens with zero attached hydrogens (tertiary/aromatic N) is 7. The Balaban J connectivity index is 1.03. The van der Waals surface area contributed by atoms with Gasteiger partial charge in [-0.1, -0.05) is 12.1 Å². The van der Waals surface area contributed by atoms with E-state index >= 15 is 0 Å². The van der Waals surface area contributed by atoms with Crippen molar-refractivity contribution in [2.45, 2.75) is 68.4 Å². The van der Waals surface area contributed by atoms with Gasteiger partial charge in [0.15, 0.2) is 0 Å². The minimum absolute atomic E-state index is 0.0806. The second kappa shape index (κ2) is 7.57. The Morgan fingerprint density at radius 2 is 2.17 bits per heavy atom. The summed E-state index contributed by atoms with van der Waals surface area (Å²) in [5, 5.41) is 23.7. The predicted octanol–water partition coefficient (Wildman–Crippen LogP) is -0.0206. The number of benzene rings is 1. The molecule has 1 unspecified atom stereocenters. The second-order valence-corrected chi connectivity index (χ2v) is 10.6. The largest absolute Gasteiger partial charge is 0.330 e. The number of piperazine rings is 1. The van der Waals surface area contributed by atoms with Crippen LogP contribution in [0.3, 0.4) is 0 Å². The van der Waals surface area contributed by atoms with Crippen molar-refractivity contribution in [3.05, 3.63) is 29.3 Å². The highest BCUT2D eigenvalue weighted by molar-refractivity contribution is 5.87. The van der Waals surface area contributed by atoms with E-state index in [0.717, 1.165) is 44.2 Å². The number of nitrogens with two attached hydrogens (primary N) is 1. The molecule has 2 aliphatic carbocycles. The maximum atomic E-state index is 13.5. The van der Waals surface area contributed by atoms with Gasteiger partial charge in [-0.3, -0.25) is 14.5 Å². The van der Waals surface area contributed by atoms with E-state index in [-0.39, 0.29) is 42.0 Å². The van der Waals surface area contributed by atoms with Gasteiger partial charge in [0, 0.05) is 30.7 Å². The highest BCUT2D eigenvalue weighted by atomic mass is 16.2. The van der Waals surface area contributed by atoms with Gasteiger partial charge in [-0.25, -0.2) is 0 Å². The summed E-state index contributed by atoms with van der Waals surface area (Å²) >= 11 is 0. The molecule has 4 fully saturated rings. The number of hydrogen-bond donors (Lipinski definition) is 2. The summed E-state index contributed by atoms with van der Waals surface area (Å²) in [6.45, 7) is 1.10. The van der Waals surface area contributed by atoms with Gasteiger partial charge in [-0.15, -0.1) is 10.2 Å². The molecule has 35 heavy (non-hydrogen) atoms. The molecule has 7 rings (SSSR count). The Labute approximate surface area is 202 Å². The fraction of sp³-hybridized carbons (Fsp3) is 0.583. The molecular formula is C24H27N9O2. The number of aromatic nitrogens is 4. The van der Waals surface area contributed by atoms with E-state index in [1.807, 2.05) is 6.07 Å². The number of nitriles is 1. The summed E-state index contributed by atoms with van der Waals surface area (Å²) in [5.74, 6) is 1.03. The first-order valence-electron chi connectivity index (χ1n) is 12.4. The first-order valence-corrected chi connectivity index (χ1v) is 12.4. The lowest BCUT2D eigenvalue weighted by molar-refractivity contribution is -0.141. The number of amides is 2. The van der Waals surface area contributed by atoms with E-state index in [2.05, 4.69) is 48.6 Å². The Bertz CT molecular complexity index is 1240. The van der Waals surface area contributed by atoms with Gasteiger partial charge in [0.1, 0.15) is 6.04 Å². The van der Waals surface area contributed by atoms with Crippen molar-refractivity contribution in [1.82, 2.24) is 35.3 Å². The highest BCUT2D eigenvalue weighted by Gasteiger charge is 2.56. The Hall–Kier alpha value is -3.36. The number of aromatic amines is 1. The SMILES string of the molecule is N#C[C@@H]1CC2C[C@@H]2N1C(=O)[C@@H](N)CN1C[C@H]2C[C@@H]1C(=O)N2[C@H]1CCc2cc(-c3nn[nH]n3)ccc21. The summed E-state index contributed by atoms with van der Waals surface area (Å²) in [5.41, 5.74) is 9.70. The molecule has 0 radical (unpaired) electrons. The minimum Gasteiger partial charge on any atom is -0.330 e. The number of piperidine rings is 1. The zero-order chi connectivity index (χ0) is 23.8. The van der Waals surface area contributed by atoms with E-state index in [0.29, 0.717) is 18.3 Å². The maximum Gasteiger partial charge on any atom is 0.242 e.